The van der Waals surface area contributed by atoms with Crippen LogP contribution in [0.1, 0.15) is 33.1 Å². The topological polar surface area (TPSA) is 20.2 Å². The molecule has 1 nitrogen and oxygen atoms in total. The molecule has 1 aliphatic rings. The lowest BCUT2D eigenvalue weighted by molar-refractivity contribution is 0.245. The van der Waals surface area contributed by atoms with Crippen LogP contribution in [0.2, 0.25) is 0 Å². The van der Waals surface area contributed by atoms with E-state index in [4.69, 9.17) is 5.11 Å². The Kier molecular flexibility index (Phi) is 2.94. The lowest BCUT2D eigenvalue weighted by atomic mass is 9.93. The molecule has 0 aromatic carbocycles. The average Bonchev–Trinajstić information content (AvgIpc) is 2.73. The van der Waals surface area contributed by atoms with Gasteiger partial charge in [0.1, 0.15) is 0 Å². The van der Waals surface area contributed by atoms with Crippen molar-refractivity contribution in [3.05, 3.63) is 12.7 Å². The van der Waals surface area contributed by atoms with Crippen LogP contribution in [0.3, 0.4) is 0 Å². The molecule has 0 amide bonds. The maximum absolute atomic E-state index is 9.17. The monoisotopic (exact) mass is 168 g/mol. The Labute approximate surface area is 75.5 Å². The molecule has 1 aliphatic carbocycles. The van der Waals surface area contributed by atoms with E-state index >= 15 is 0 Å². The van der Waals surface area contributed by atoms with Crippen LogP contribution in [0.4, 0.5) is 0 Å². The molecule has 0 aromatic heterocycles. The van der Waals surface area contributed by atoms with Crippen LogP contribution in [-0.4, -0.2) is 11.7 Å². The molecule has 0 radical (unpaired) electrons. The zero-order valence-electron chi connectivity index (χ0n) is 8.21. The number of aliphatic hydroxyl groups excluding tert-OH is 1. The normalized spacial score (nSPS) is 39.6. The zero-order valence-corrected chi connectivity index (χ0v) is 8.21. The quantitative estimate of drug-likeness (QED) is 0.626. The molecule has 12 heavy (non-hydrogen) atoms. The van der Waals surface area contributed by atoms with Gasteiger partial charge in [-0.2, -0.15) is 0 Å². The average molecular weight is 168 g/mol. The fourth-order valence-corrected chi connectivity index (χ4v) is 2.91. The van der Waals surface area contributed by atoms with Crippen molar-refractivity contribution >= 4 is 0 Å². The molecule has 1 unspecified atom stereocenters. The standard InChI is InChI=1S/C11H20O/c1-4-7-11(6-3)9(5-2)10(11)8-12/h4,9-10,12H,1,5-8H2,2-3H3/t9?,10-,11+/m0/s1. The molecule has 70 valence electrons. The maximum atomic E-state index is 9.17. The van der Waals surface area contributed by atoms with Crippen molar-refractivity contribution in [2.45, 2.75) is 33.1 Å². The van der Waals surface area contributed by atoms with Gasteiger partial charge in [0.05, 0.1) is 0 Å². The van der Waals surface area contributed by atoms with Crippen LogP contribution in [0.5, 0.6) is 0 Å². The van der Waals surface area contributed by atoms with Crippen LogP contribution in [0.15, 0.2) is 12.7 Å². The largest absolute Gasteiger partial charge is 0.396 e. The summed E-state index contributed by atoms with van der Waals surface area (Å²) < 4.78 is 0. The molecule has 1 rings (SSSR count). The predicted molar refractivity (Wildman–Crippen MR) is 51.9 cm³/mol. The predicted octanol–water partition coefficient (Wildman–Crippen LogP) is 2.61. The summed E-state index contributed by atoms with van der Waals surface area (Å²) in [5, 5.41) is 9.17. The van der Waals surface area contributed by atoms with Gasteiger partial charge in [0.2, 0.25) is 0 Å². The highest BCUT2D eigenvalue weighted by Crippen LogP contribution is 2.64. The number of rotatable bonds is 5. The second kappa shape index (κ2) is 3.61. The summed E-state index contributed by atoms with van der Waals surface area (Å²) in [5.41, 5.74) is 0.408. The van der Waals surface area contributed by atoms with Crippen LogP contribution >= 0.6 is 0 Å². The summed E-state index contributed by atoms with van der Waals surface area (Å²) in [5.74, 6) is 1.29. The molecule has 3 atom stereocenters. The van der Waals surface area contributed by atoms with Crippen molar-refractivity contribution < 1.29 is 5.11 Å². The van der Waals surface area contributed by atoms with Crippen LogP contribution in [0.25, 0.3) is 0 Å². The van der Waals surface area contributed by atoms with Gasteiger partial charge >= 0.3 is 0 Å². The molecule has 0 heterocycles. The van der Waals surface area contributed by atoms with Crippen molar-refractivity contribution in [1.29, 1.82) is 0 Å². The summed E-state index contributed by atoms with van der Waals surface area (Å²) in [6.07, 6.45) is 5.46. The third-order valence-corrected chi connectivity index (χ3v) is 3.67. The molecule has 1 fully saturated rings. The first kappa shape index (κ1) is 9.79. The summed E-state index contributed by atoms with van der Waals surface area (Å²) >= 11 is 0. The molecule has 1 saturated carbocycles. The third kappa shape index (κ3) is 1.20. The Hall–Kier alpha value is -0.300. The Morgan fingerprint density at radius 2 is 2.08 bits per heavy atom. The Bertz CT molecular complexity index is 152. The Balaban J connectivity index is 2.62. The maximum Gasteiger partial charge on any atom is 0.0467 e. The first-order chi connectivity index (χ1) is 5.76. The Morgan fingerprint density at radius 1 is 1.42 bits per heavy atom. The second-order valence-corrected chi connectivity index (χ2v) is 3.88. The van der Waals surface area contributed by atoms with Gasteiger partial charge in [0.25, 0.3) is 0 Å². The third-order valence-electron chi connectivity index (χ3n) is 3.67. The van der Waals surface area contributed by atoms with E-state index < -0.39 is 0 Å². The SMILES string of the molecule is C=CC[C@]1(CC)C(CC)[C@@H]1CO. The minimum Gasteiger partial charge on any atom is -0.396 e. The molecule has 0 spiro atoms. The summed E-state index contributed by atoms with van der Waals surface area (Å²) in [6.45, 7) is 8.59. The van der Waals surface area contributed by atoms with Crippen molar-refractivity contribution in [3.8, 4) is 0 Å². The summed E-state index contributed by atoms with van der Waals surface area (Å²) in [6, 6.07) is 0. The van der Waals surface area contributed by atoms with E-state index in [1.165, 1.54) is 12.8 Å². The molecule has 0 aromatic rings. The van der Waals surface area contributed by atoms with E-state index in [1.54, 1.807) is 0 Å². The fourth-order valence-electron chi connectivity index (χ4n) is 2.91. The first-order valence-electron chi connectivity index (χ1n) is 4.98. The summed E-state index contributed by atoms with van der Waals surface area (Å²) in [4.78, 5) is 0. The van der Waals surface area contributed by atoms with Crippen molar-refractivity contribution in [2.24, 2.45) is 17.3 Å². The fraction of sp³-hybridized carbons (Fsp3) is 0.818. The highest BCUT2D eigenvalue weighted by atomic mass is 16.3. The number of allylic oxidation sites excluding steroid dienone is 1. The van der Waals surface area contributed by atoms with Crippen molar-refractivity contribution in [1.82, 2.24) is 0 Å². The summed E-state index contributed by atoms with van der Waals surface area (Å²) in [7, 11) is 0. The van der Waals surface area contributed by atoms with Crippen LogP contribution in [0, 0.1) is 17.3 Å². The second-order valence-electron chi connectivity index (χ2n) is 3.88. The van der Waals surface area contributed by atoms with Gasteiger partial charge in [0, 0.05) is 6.61 Å². The first-order valence-corrected chi connectivity index (χ1v) is 4.98. The smallest absolute Gasteiger partial charge is 0.0467 e. The van der Waals surface area contributed by atoms with Gasteiger partial charge in [-0.05, 0) is 30.1 Å². The lowest BCUT2D eigenvalue weighted by Gasteiger charge is -2.12. The molecule has 1 N–H and O–H groups in total. The van der Waals surface area contributed by atoms with Gasteiger partial charge in [0.15, 0.2) is 0 Å². The van der Waals surface area contributed by atoms with Crippen molar-refractivity contribution in [3.63, 3.8) is 0 Å². The molecule has 0 bridgehead atoms. The van der Waals surface area contributed by atoms with E-state index in [2.05, 4.69) is 20.4 Å². The highest BCUT2D eigenvalue weighted by molar-refractivity contribution is 5.10. The minimum absolute atomic E-state index is 0.361. The van der Waals surface area contributed by atoms with Crippen LogP contribution < -0.4 is 0 Å². The number of aliphatic hydroxyl groups is 1. The molecular formula is C11H20O. The minimum atomic E-state index is 0.361. The molecule has 0 aliphatic heterocycles. The molecule has 0 saturated heterocycles. The zero-order chi connectivity index (χ0) is 9.19. The van der Waals surface area contributed by atoms with Gasteiger partial charge in [-0.25, -0.2) is 0 Å². The van der Waals surface area contributed by atoms with Gasteiger partial charge in [-0.15, -0.1) is 6.58 Å². The van der Waals surface area contributed by atoms with E-state index in [9.17, 15) is 0 Å². The number of hydrogen-bond donors (Lipinski definition) is 1. The van der Waals surface area contributed by atoms with Gasteiger partial charge < -0.3 is 5.11 Å². The van der Waals surface area contributed by atoms with E-state index in [-0.39, 0.29) is 0 Å². The van der Waals surface area contributed by atoms with E-state index in [0.717, 1.165) is 12.3 Å². The van der Waals surface area contributed by atoms with Crippen molar-refractivity contribution in [2.75, 3.05) is 6.61 Å². The highest BCUT2D eigenvalue weighted by Gasteiger charge is 2.60. The van der Waals surface area contributed by atoms with E-state index in [0.29, 0.717) is 17.9 Å². The lowest BCUT2D eigenvalue weighted by Crippen LogP contribution is -2.04. The molecule has 1 heteroatoms. The Morgan fingerprint density at radius 3 is 2.33 bits per heavy atom. The van der Waals surface area contributed by atoms with Gasteiger partial charge in [-0.1, -0.05) is 26.3 Å². The number of hydrogen-bond acceptors (Lipinski definition) is 1. The van der Waals surface area contributed by atoms with Gasteiger partial charge in [-0.3, -0.25) is 0 Å². The van der Waals surface area contributed by atoms with E-state index in [1.807, 2.05) is 6.08 Å². The molecular weight excluding hydrogens is 148 g/mol. The van der Waals surface area contributed by atoms with Crippen LogP contribution in [-0.2, 0) is 0 Å².